The predicted octanol–water partition coefficient (Wildman–Crippen LogP) is 4.32. The van der Waals surface area contributed by atoms with Gasteiger partial charge >= 0.3 is 0 Å². The van der Waals surface area contributed by atoms with Gasteiger partial charge in [-0.3, -0.25) is 4.79 Å². The molecule has 1 N–H and O–H groups in total. The molecule has 0 bridgehead atoms. The first-order valence-corrected chi connectivity index (χ1v) is 10.3. The van der Waals surface area contributed by atoms with Crippen LogP contribution in [-0.2, 0) is 12.0 Å². The second kappa shape index (κ2) is 8.73. The molecule has 4 rings (SSSR count). The number of carbonyl (C=O) groups is 1. The van der Waals surface area contributed by atoms with E-state index in [0.717, 1.165) is 25.1 Å². The Kier molecular flexibility index (Phi) is 5.89. The van der Waals surface area contributed by atoms with Crippen molar-refractivity contribution in [2.75, 3.05) is 19.6 Å². The molecule has 0 spiro atoms. The third kappa shape index (κ3) is 4.31. The highest BCUT2D eigenvalue weighted by atomic mass is 16.3. The van der Waals surface area contributed by atoms with Crippen LogP contribution in [0.25, 0.3) is 0 Å². The summed E-state index contributed by atoms with van der Waals surface area (Å²) in [6.45, 7) is 2.22. The van der Waals surface area contributed by atoms with Gasteiger partial charge in [0.15, 0.2) is 5.78 Å². The number of aliphatic hydroxyl groups is 1. The Bertz CT molecular complexity index is 927. The third-order valence-corrected chi connectivity index (χ3v) is 6.03. The van der Waals surface area contributed by atoms with E-state index in [1.807, 2.05) is 66.7 Å². The van der Waals surface area contributed by atoms with Crippen molar-refractivity contribution in [3.8, 4) is 0 Å². The van der Waals surface area contributed by atoms with Crippen molar-refractivity contribution in [3.63, 3.8) is 0 Å². The van der Waals surface area contributed by atoms with Crippen LogP contribution in [0.3, 0.4) is 0 Å². The molecule has 3 aromatic rings. The van der Waals surface area contributed by atoms with Gasteiger partial charge < -0.3 is 10.0 Å². The Morgan fingerprint density at radius 2 is 1.48 bits per heavy atom. The fourth-order valence-electron chi connectivity index (χ4n) is 4.31. The van der Waals surface area contributed by atoms with Gasteiger partial charge in [0.05, 0.1) is 5.92 Å². The van der Waals surface area contributed by atoms with Gasteiger partial charge in [0.25, 0.3) is 0 Å². The maximum atomic E-state index is 13.4. The van der Waals surface area contributed by atoms with Crippen LogP contribution < -0.4 is 0 Å². The molecule has 29 heavy (non-hydrogen) atoms. The van der Waals surface area contributed by atoms with Crippen LogP contribution in [0.15, 0.2) is 91.0 Å². The number of hydrogen-bond acceptors (Lipinski definition) is 3. The standard InChI is InChI=1S/C26H27NO2/c28-25(22-12-6-2-7-13-22)24-20-27(18-16-21-10-4-1-5-11-21)19-17-26(24,29)23-14-8-3-9-15-23/h1-15,24,29H,16-20H2/t24-,26-/m1/s1. The molecule has 1 aliphatic rings. The quantitative estimate of drug-likeness (QED) is 0.643. The fraction of sp³-hybridized carbons (Fsp3) is 0.269. The summed E-state index contributed by atoms with van der Waals surface area (Å²) in [6, 6.07) is 29.4. The van der Waals surface area contributed by atoms with Gasteiger partial charge in [-0.05, 0) is 24.0 Å². The first kappa shape index (κ1) is 19.6. The Balaban J connectivity index is 1.58. The molecule has 0 saturated carbocycles. The van der Waals surface area contributed by atoms with Crippen LogP contribution in [0.1, 0.15) is 27.9 Å². The third-order valence-electron chi connectivity index (χ3n) is 6.03. The molecule has 2 atom stereocenters. The lowest BCUT2D eigenvalue weighted by molar-refractivity contribution is -0.0639. The van der Waals surface area contributed by atoms with Crippen molar-refractivity contribution in [2.24, 2.45) is 5.92 Å². The van der Waals surface area contributed by atoms with E-state index < -0.39 is 11.5 Å². The topological polar surface area (TPSA) is 40.5 Å². The number of rotatable bonds is 6. The van der Waals surface area contributed by atoms with Crippen LogP contribution in [-0.4, -0.2) is 35.4 Å². The molecule has 148 valence electrons. The first-order valence-electron chi connectivity index (χ1n) is 10.3. The maximum Gasteiger partial charge on any atom is 0.170 e. The zero-order valence-corrected chi connectivity index (χ0v) is 16.6. The summed E-state index contributed by atoms with van der Waals surface area (Å²) in [6.07, 6.45) is 1.49. The van der Waals surface area contributed by atoms with Crippen molar-refractivity contribution in [3.05, 3.63) is 108 Å². The highest BCUT2D eigenvalue weighted by Crippen LogP contribution is 2.39. The van der Waals surface area contributed by atoms with Gasteiger partial charge in [-0.2, -0.15) is 0 Å². The molecule has 1 fully saturated rings. The summed E-state index contributed by atoms with van der Waals surface area (Å²) in [4.78, 5) is 15.7. The SMILES string of the molecule is O=C(c1ccccc1)[C@H]1CN(CCc2ccccc2)CC[C@@]1(O)c1ccccc1. The number of ketones is 1. The van der Waals surface area contributed by atoms with E-state index in [1.165, 1.54) is 5.56 Å². The minimum atomic E-state index is -1.14. The lowest BCUT2D eigenvalue weighted by atomic mass is 9.72. The molecule has 0 unspecified atom stereocenters. The van der Waals surface area contributed by atoms with Crippen LogP contribution in [0.5, 0.6) is 0 Å². The molecular formula is C26H27NO2. The van der Waals surface area contributed by atoms with Gasteiger partial charge in [-0.1, -0.05) is 91.0 Å². The van der Waals surface area contributed by atoms with Crippen LogP contribution >= 0.6 is 0 Å². The zero-order valence-electron chi connectivity index (χ0n) is 16.6. The second-order valence-corrected chi connectivity index (χ2v) is 7.86. The summed E-state index contributed by atoms with van der Waals surface area (Å²) in [5, 5.41) is 11.7. The van der Waals surface area contributed by atoms with Gasteiger partial charge in [-0.25, -0.2) is 0 Å². The van der Waals surface area contributed by atoms with Crippen molar-refractivity contribution in [1.82, 2.24) is 4.90 Å². The van der Waals surface area contributed by atoms with Crippen molar-refractivity contribution in [1.29, 1.82) is 0 Å². The molecule has 3 aromatic carbocycles. The van der Waals surface area contributed by atoms with Gasteiger partial charge in [0.1, 0.15) is 5.60 Å². The van der Waals surface area contributed by atoms with E-state index in [-0.39, 0.29) is 5.78 Å². The summed E-state index contributed by atoms with van der Waals surface area (Å²) >= 11 is 0. The number of carbonyl (C=O) groups excluding carboxylic acids is 1. The van der Waals surface area contributed by atoms with Gasteiger partial charge in [0.2, 0.25) is 0 Å². The minimum absolute atomic E-state index is 0.0152. The van der Waals surface area contributed by atoms with Gasteiger partial charge in [0, 0.05) is 25.2 Å². The van der Waals surface area contributed by atoms with E-state index in [9.17, 15) is 9.90 Å². The average Bonchev–Trinajstić information content (AvgIpc) is 2.80. The summed E-state index contributed by atoms with van der Waals surface area (Å²) in [7, 11) is 0. The lowest BCUT2D eigenvalue weighted by Crippen LogP contribution is -2.53. The number of benzene rings is 3. The normalized spacial score (nSPS) is 22.3. The molecule has 1 aliphatic heterocycles. The molecule has 3 nitrogen and oxygen atoms in total. The molecule has 3 heteroatoms. The molecule has 1 heterocycles. The zero-order chi connectivity index (χ0) is 20.1. The van der Waals surface area contributed by atoms with E-state index in [4.69, 9.17) is 0 Å². The van der Waals surface area contributed by atoms with Crippen LogP contribution in [0.2, 0.25) is 0 Å². The lowest BCUT2D eigenvalue weighted by Gasteiger charge is -2.44. The summed E-state index contributed by atoms with van der Waals surface area (Å²) < 4.78 is 0. The number of Topliss-reactive ketones (excluding diaryl/α,β-unsaturated/α-hetero) is 1. The second-order valence-electron chi connectivity index (χ2n) is 7.86. The molecule has 1 saturated heterocycles. The van der Waals surface area contributed by atoms with E-state index in [1.54, 1.807) is 0 Å². The molecule has 0 amide bonds. The molecule has 0 aromatic heterocycles. The monoisotopic (exact) mass is 385 g/mol. The van der Waals surface area contributed by atoms with Gasteiger partial charge in [-0.15, -0.1) is 0 Å². The number of likely N-dealkylation sites (tertiary alicyclic amines) is 1. The van der Waals surface area contributed by atoms with Crippen molar-refractivity contribution >= 4 is 5.78 Å². The van der Waals surface area contributed by atoms with Crippen molar-refractivity contribution in [2.45, 2.75) is 18.4 Å². The molecule has 0 aliphatic carbocycles. The Hall–Kier alpha value is -2.75. The molecular weight excluding hydrogens is 358 g/mol. The largest absolute Gasteiger partial charge is 0.384 e. The van der Waals surface area contributed by atoms with E-state index in [2.05, 4.69) is 29.2 Å². The fourth-order valence-corrected chi connectivity index (χ4v) is 4.31. The Labute approximate surface area is 172 Å². The minimum Gasteiger partial charge on any atom is -0.384 e. The maximum absolute atomic E-state index is 13.4. The van der Waals surface area contributed by atoms with E-state index in [0.29, 0.717) is 18.5 Å². The highest BCUT2D eigenvalue weighted by Gasteiger charge is 2.46. The summed E-state index contributed by atoms with van der Waals surface area (Å²) in [5.74, 6) is -0.474. The van der Waals surface area contributed by atoms with Crippen molar-refractivity contribution < 1.29 is 9.90 Å². The number of nitrogens with zero attached hydrogens (tertiary/aromatic N) is 1. The van der Waals surface area contributed by atoms with E-state index >= 15 is 0 Å². The Morgan fingerprint density at radius 1 is 0.897 bits per heavy atom. The smallest absolute Gasteiger partial charge is 0.170 e. The highest BCUT2D eigenvalue weighted by molar-refractivity contribution is 5.99. The number of piperidine rings is 1. The average molecular weight is 386 g/mol. The number of hydrogen-bond donors (Lipinski definition) is 1. The first-order chi connectivity index (χ1) is 14.2. The molecule has 0 radical (unpaired) electrons. The summed E-state index contributed by atoms with van der Waals surface area (Å²) in [5.41, 5.74) is 1.65. The van der Waals surface area contributed by atoms with Crippen LogP contribution in [0, 0.1) is 5.92 Å². The Morgan fingerprint density at radius 3 is 2.14 bits per heavy atom. The predicted molar refractivity (Wildman–Crippen MR) is 116 cm³/mol. The van der Waals surface area contributed by atoms with Crippen LogP contribution in [0.4, 0.5) is 0 Å².